The van der Waals surface area contributed by atoms with E-state index < -0.39 is 11.7 Å². The van der Waals surface area contributed by atoms with Crippen molar-refractivity contribution in [3.63, 3.8) is 0 Å². The molecule has 0 bridgehead atoms. The molecule has 0 radical (unpaired) electrons. The van der Waals surface area contributed by atoms with E-state index in [-0.39, 0.29) is 22.8 Å². The second kappa shape index (κ2) is 5.00. The summed E-state index contributed by atoms with van der Waals surface area (Å²) in [7, 11) is 0. The van der Waals surface area contributed by atoms with Gasteiger partial charge in [0.1, 0.15) is 11.8 Å². The average molecular weight is 298 g/mol. The van der Waals surface area contributed by atoms with Gasteiger partial charge in [0.15, 0.2) is 0 Å². The molecule has 0 spiro atoms. The van der Waals surface area contributed by atoms with Crippen molar-refractivity contribution < 1.29 is 9.59 Å². The van der Waals surface area contributed by atoms with Crippen molar-refractivity contribution >= 4 is 29.0 Å². The number of hydrogen-bond acceptors (Lipinski definition) is 4. The molecule has 0 unspecified atom stereocenters. The van der Waals surface area contributed by atoms with Crippen molar-refractivity contribution in [2.24, 2.45) is 0 Å². The lowest BCUT2D eigenvalue weighted by Crippen LogP contribution is -2.29. The summed E-state index contributed by atoms with van der Waals surface area (Å²) in [6.45, 7) is 0.106. The topological polar surface area (TPSA) is 74.1 Å². The summed E-state index contributed by atoms with van der Waals surface area (Å²) in [5, 5.41) is 9.30. The highest BCUT2D eigenvalue weighted by molar-refractivity contribution is 6.55. The Morgan fingerprint density at radius 2 is 2.05 bits per heavy atom. The van der Waals surface area contributed by atoms with Gasteiger partial charge in [0.05, 0.1) is 22.8 Å². The smallest absolute Gasteiger partial charge is 0.299 e. The van der Waals surface area contributed by atoms with Crippen molar-refractivity contribution in [1.82, 2.24) is 4.98 Å². The van der Waals surface area contributed by atoms with Crippen LogP contribution >= 0.6 is 11.6 Å². The predicted molar refractivity (Wildman–Crippen MR) is 75.9 cm³/mol. The molecule has 1 aromatic heterocycles. The maximum Gasteiger partial charge on any atom is 0.299 e. The van der Waals surface area contributed by atoms with Gasteiger partial charge in [-0.05, 0) is 18.2 Å². The van der Waals surface area contributed by atoms with Crippen LogP contribution in [0, 0.1) is 11.3 Å². The highest BCUT2D eigenvalue weighted by Crippen LogP contribution is 2.35. The van der Waals surface area contributed by atoms with Crippen LogP contribution in [0.1, 0.15) is 21.6 Å². The number of nitrogens with zero attached hydrogens (tertiary/aromatic N) is 3. The molecule has 0 fully saturated rings. The van der Waals surface area contributed by atoms with Crippen LogP contribution in [0.15, 0.2) is 36.5 Å². The van der Waals surface area contributed by atoms with E-state index in [4.69, 9.17) is 16.9 Å². The first-order valence-corrected chi connectivity index (χ1v) is 6.50. The number of amides is 1. The molecule has 0 aliphatic carbocycles. The van der Waals surface area contributed by atoms with Gasteiger partial charge in [-0.3, -0.25) is 9.59 Å². The molecule has 1 aliphatic heterocycles. The zero-order chi connectivity index (χ0) is 15.0. The molecule has 2 heterocycles. The Morgan fingerprint density at radius 1 is 1.24 bits per heavy atom. The minimum absolute atomic E-state index is 0.106. The molecule has 3 rings (SSSR count). The van der Waals surface area contributed by atoms with E-state index in [2.05, 4.69) is 4.98 Å². The van der Waals surface area contributed by atoms with Crippen molar-refractivity contribution in [1.29, 1.82) is 5.26 Å². The summed E-state index contributed by atoms with van der Waals surface area (Å²) in [5.41, 5.74) is 1.49. The van der Waals surface area contributed by atoms with Gasteiger partial charge in [0, 0.05) is 11.8 Å². The third kappa shape index (κ3) is 2.06. The third-order valence-electron chi connectivity index (χ3n) is 3.27. The zero-order valence-corrected chi connectivity index (χ0v) is 11.5. The van der Waals surface area contributed by atoms with E-state index in [1.165, 1.54) is 11.1 Å². The molecule has 2 aromatic rings. The Morgan fingerprint density at radius 3 is 2.81 bits per heavy atom. The maximum absolute atomic E-state index is 12.1. The fourth-order valence-electron chi connectivity index (χ4n) is 2.30. The SMILES string of the molecule is N#Cc1ncccc1CN1C(=O)C(=O)c2c(Cl)cccc21. The van der Waals surface area contributed by atoms with Crippen LogP contribution in [0.5, 0.6) is 0 Å². The van der Waals surface area contributed by atoms with Gasteiger partial charge in [0.2, 0.25) is 0 Å². The summed E-state index contributed by atoms with van der Waals surface area (Å²) in [5.74, 6) is -1.27. The van der Waals surface area contributed by atoms with Crippen LogP contribution in [-0.4, -0.2) is 16.7 Å². The molecule has 102 valence electrons. The van der Waals surface area contributed by atoms with Gasteiger partial charge in [-0.25, -0.2) is 4.98 Å². The lowest BCUT2D eigenvalue weighted by molar-refractivity contribution is -0.114. The van der Waals surface area contributed by atoms with E-state index in [1.54, 1.807) is 30.3 Å². The fraction of sp³-hybridized carbons (Fsp3) is 0.0667. The summed E-state index contributed by atoms with van der Waals surface area (Å²) >= 11 is 5.99. The van der Waals surface area contributed by atoms with Gasteiger partial charge in [-0.2, -0.15) is 5.26 Å². The number of fused-ring (bicyclic) bond motifs is 1. The highest BCUT2D eigenvalue weighted by Gasteiger charge is 2.37. The Kier molecular flexibility index (Phi) is 3.16. The standard InChI is InChI=1S/C15H8ClN3O2/c16-10-4-1-5-12-13(10)14(20)15(21)19(12)8-9-3-2-6-18-11(9)7-17/h1-6H,8H2. The first-order chi connectivity index (χ1) is 10.1. The second-order valence-electron chi connectivity index (χ2n) is 4.48. The van der Waals surface area contributed by atoms with Crippen LogP contribution in [-0.2, 0) is 11.3 Å². The predicted octanol–water partition coefficient (Wildman–Crippen LogP) is 2.34. The Balaban J connectivity index is 2.06. The van der Waals surface area contributed by atoms with Gasteiger partial charge >= 0.3 is 0 Å². The van der Waals surface area contributed by atoms with Crippen molar-refractivity contribution in [3.05, 3.63) is 58.4 Å². The number of carbonyl (C=O) groups is 2. The van der Waals surface area contributed by atoms with E-state index in [0.29, 0.717) is 11.3 Å². The molecule has 0 saturated carbocycles. The van der Waals surface area contributed by atoms with Gasteiger partial charge in [0.25, 0.3) is 11.7 Å². The first kappa shape index (κ1) is 13.3. The number of halogens is 1. The Bertz CT molecular complexity index is 811. The number of pyridine rings is 1. The van der Waals surface area contributed by atoms with Gasteiger partial charge in [-0.1, -0.05) is 23.7 Å². The van der Waals surface area contributed by atoms with Gasteiger partial charge < -0.3 is 4.90 Å². The number of Topliss-reactive ketones (excluding diaryl/α,β-unsaturated/α-hetero) is 1. The molecule has 1 aromatic carbocycles. The molecular formula is C15H8ClN3O2. The number of rotatable bonds is 2. The largest absolute Gasteiger partial charge is 0.300 e. The van der Waals surface area contributed by atoms with E-state index in [9.17, 15) is 9.59 Å². The van der Waals surface area contributed by atoms with E-state index >= 15 is 0 Å². The van der Waals surface area contributed by atoms with Crippen LogP contribution < -0.4 is 4.90 Å². The summed E-state index contributed by atoms with van der Waals surface area (Å²) in [6, 6.07) is 10.3. The first-order valence-electron chi connectivity index (χ1n) is 6.12. The van der Waals surface area contributed by atoms with Crippen molar-refractivity contribution in [2.75, 3.05) is 4.90 Å². The zero-order valence-electron chi connectivity index (χ0n) is 10.7. The molecular weight excluding hydrogens is 290 g/mol. The summed E-state index contributed by atoms with van der Waals surface area (Å²) in [4.78, 5) is 29.4. The second-order valence-corrected chi connectivity index (χ2v) is 4.88. The number of hydrogen-bond donors (Lipinski definition) is 0. The number of aromatic nitrogens is 1. The molecule has 0 saturated heterocycles. The molecule has 6 heteroatoms. The van der Waals surface area contributed by atoms with Crippen molar-refractivity contribution in [2.45, 2.75) is 6.54 Å². The maximum atomic E-state index is 12.1. The number of carbonyl (C=O) groups excluding carboxylic acids is 2. The molecule has 5 nitrogen and oxygen atoms in total. The molecule has 1 aliphatic rings. The molecule has 0 N–H and O–H groups in total. The van der Waals surface area contributed by atoms with Crippen LogP contribution in [0.2, 0.25) is 5.02 Å². The van der Waals surface area contributed by atoms with Gasteiger partial charge in [-0.15, -0.1) is 0 Å². The number of ketones is 1. The number of benzene rings is 1. The molecule has 21 heavy (non-hydrogen) atoms. The van der Waals surface area contributed by atoms with Crippen molar-refractivity contribution in [3.8, 4) is 6.07 Å². The average Bonchev–Trinajstić information content (AvgIpc) is 2.74. The minimum Gasteiger partial charge on any atom is -0.300 e. The molecule has 1 amide bonds. The van der Waals surface area contributed by atoms with Crippen LogP contribution in [0.3, 0.4) is 0 Å². The Hall–Kier alpha value is -2.71. The fourth-order valence-corrected chi connectivity index (χ4v) is 2.55. The quantitative estimate of drug-likeness (QED) is 0.797. The van der Waals surface area contributed by atoms with E-state index in [0.717, 1.165) is 0 Å². The monoisotopic (exact) mass is 297 g/mol. The van der Waals surface area contributed by atoms with Crippen LogP contribution in [0.25, 0.3) is 0 Å². The number of nitriles is 1. The summed E-state index contributed by atoms with van der Waals surface area (Å²) in [6.07, 6.45) is 1.50. The Labute approximate surface area is 125 Å². The minimum atomic E-state index is -0.647. The normalized spacial score (nSPS) is 13.2. The third-order valence-corrected chi connectivity index (χ3v) is 3.59. The summed E-state index contributed by atoms with van der Waals surface area (Å²) < 4.78 is 0. The van der Waals surface area contributed by atoms with Crippen LogP contribution in [0.4, 0.5) is 5.69 Å². The number of anilines is 1. The highest BCUT2D eigenvalue weighted by atomic mass is 35.5. The lowest BCUT2D eigenvalue weighted by atomic mass is 10.1. The molecule has 0 atom stereocenters. The lowest BCUT2D eigenvalue weighted by Gasteiger charge is -2.16. The van der Waals surface area contributed by atoms with E-state index in [1.807, 2.05) is 6.07 Å².